The summed E-state index contributed by atoms with van der Waals surface area (Å²) >= 11 is 0. The smallest absolute Gasteiger partial charge is 0.225 e. The molecule has 3 rings (SSSR count). The lowest BCUT2D eigenvalue weighted by atomic mass is 10.1. The van der Waals surface area contributed by atoms with Gasteiger partial charge >= 0.3 is 0 Å². The zero-order valence-corrected chi connectivity index (χ0v) is 14.5. The molecule has 2 heterocycles. The van der Waals surface area contributed by atoms with Crippen molar-refractivity contribution in [2.45, 2.75) is 31.8 Å². The van der Waals surface area contributed by atoms with Crippen LogP contribution in [0.25, 0.3) is 0 Å². The lowest BCUT2D eigenvalue weighted by molar-refractivity contribution is -0.130. The zero-order chi connectivity index (χ0) is 17.3. The summed E-state index contributed by atoms with van der Waals surface area (Å²) < 4.78 is 23.2. The van der Waals surface area contributed by atoms with Crippen LogP contribution in [0.4, 0.5) is 0 Å². The van der Waals surface area contributed by atoms with Crippen LogP contribution in [-0.2, 0) is 19.4 Å². The minimum atomic E-state index is -3.04. The van der Waals surface area contributed by atoms with Crippen LogP contribution < -0.4 is 5.32 Å². The number of nitrogens with zero attached hydrogens (tertiary/aromatic N) is 1. The third-order valence-electron chi connectivity index (χ3n) is 4.84. The van der Waals surface area contributed by atoms with Crippen molar-refractivity contribution in [1.29, 1.82) is 0 Å². The van der Waals surface area contributed by atoms with Crippen LogP contribution in [0, 0.1) is 5.92 Å². The number of carbonyl (C=O) groups excluding carboxylic acids is 2. The highest BCUT2D eigenvalue weighted by Crippen LogP contribution is 2.26. The molecule has 7 heteroatoms. The number of nitrogens with one attached hydrogen (secondary N) is 1. The SMILES string of the molecule is CC(NC(=O)C1CC(=O)N(C2CCS(=O)(=O)C2)C1)c1ccccc1. The molecule has 0 aliphatic carbocycles. The van der Waals surface area contributed by atoms with Gasteiger partial charge in [-0.25, -0.2) is 8.42 Å². The van der Waals surface area contributed by atoms with Crippen molar-refractivity contribution >= 4 is 21.7 Å². The van der Waals surface area contributed by atoms with E-state index in [0.29, 0.717) is 13.0 Å². The topological polar surface area (TPSA) is 83.6 Å². The standard InChI is InChI=1S/C17H22N2O4S/c1-12(13-5-3-2-4-6-13)18-17(21)14-9-16(20)19(10-14)15-7-8-24(22,23)11-15/h2-6,12,14-15H,7-11H2,1H3,(H,18,21). The number of carbonyl (C=O) groups is 2. The Labute approximate surface area is 142 Å². The second kappa shape index (κ2) is 6.55. The maximum absolute atomic E-state index is 12.5. The first-order valence-corrected chi connectivity index (χ1v) is 10.0. The molecule has 0 radical (unpaired) electrons. The zero-order valence-electron chi connectivity index (χ0n) is 13.6. The average molecular weight is 350 g/mol. The van der Waals surface area contributed by atoms with E-state index < -0.39 is 15.8 Å². The molecular formula is C17H22N2O4S. The van der Waals surface area contributed by atoms with E-state index in [2.05, 4.69) is 5.32 Å². The number of sulfone groups is 1. The van der Waals surface area contributed by atoms with Crippen molar-refractivity contribution < 1.29 is 18.0 Å². The molecule has 1 aromatic rings. The Balaban J connectivity index is 1.60. The molecule has 130 valence electrons. The van der Waals surface area contributed by atoms with Crippen molar-refractivity contribution in [1.82, 2.24) is 10.2 Å². The van der Waals surface area contributed by atoms with Crippen LogP contribution in [0.15, 0.2) is 30.3 Å². The van der Waals surface area contributed by atoms with E-state index >= 15 is 0 Å². The molecule has 1 N–H and O–H groups in total. The lowest BCUT2D eigenvalue weighted by Gasteiger charge is -2.23. The van der Waals surface area contributed by atoms with Crippen molar-refractivity contribution in [3.05, 3.63) is 35.9 Å². The monoisotopic (exact) mass is 350 g/mol. The van der Waals surface area contributed by atoms with Gasteiger partial charge in [0.1, 0.15) is 0 Å². The Morgan fingerprint density at radius 2 is 2.00 bits per heavy atom. The number of hydrogen-bond donors (Lipinski definition) is 1. The maximum atomic E-state index is 12.5. The highest BCUT2D eigenvalue weighted by Gasteiger charge is 2.42. The van der Waals surface area contributed by atoms with Gasteiger partial charge in [0.2, 0.25) is 11.8 Å². The summed E-state index contributed by atoms with van der Waals surface area (Å²) in [7, 11) is -3.04. The molecule has 2 saturated heterocycles. The van der Waals surface area contributed by atoms with Gasteiger partial charge in [0, 0.05) is 19.0 Å². The molecule has 2 amide bonds. The minimum Gasteiger partial charge on any atom is -0.349 e. The molecule has 0 spiro atoms. The van der Waals surface area contributed by atoms with Crippen molar-refractivity contribution in [2.24, 2.45) is 5.92 Å². The third-order valence-corrected chi connectivity index (χ3v) is 6.59. The van der Waals surface area contributed by atoms with Gasteiger partial charge in [-0.3, -0.25) is 9.59 Å². The molecule has 3 unspecified atom stereocenters. The first-order valence-electron chi connectivity index (χ1n) is 8.21. The Kier molecular flexibility index (Phi) is 4.62. The van der Waals surface area contributed by atoms with E-state index in [1.807, 2.05) is 37.3 Å². The van der Waals surface area contributed by atoms with Crippen LogP contribution in [0.5, 0.6) is 0 Å². The van der Waals surface area contributed by atoms with Gasteiger partial charge in [0.15, 0.2) is 9.84 Å². The molecule has 2 fully saturated rings. The molecule has 24 heavy (non-hydrogen) atoms. The Hall–Kier alpha value is -1.89. The predicted octanol–water partition coefficient (Wildman–Crippen LogP) is 0.899. The molecule has 6 nitrogen and oxygen atoms in total. The summed E-state index contributed by atoms with van der Waals surface area (Å²) in [6.45, 7) is 2.22. The van der Waals surface area contributed by atoms with E-state index in [1.54, 1.807) is 4.90 Å². The van der Waals surface area contributed by atoms with Crippen LogP contribution in [0.1, 0.15) is 31.4 Å². The van der Waals surface area contributed by atoms with Gasteiger partial charge in [-0.2, -0.15) is 0 Å². The summed E-state index contributed by atoms with van der Waals surface area (Å²) in [6, 6.07) is 9.24. The van der Waals surface area contributed by atoms with Crippen molar-refractivity contribution in [2.75, 3.05) is 18.1 Å². The Morgan fingerprint density at radius 3 is 2.62 bits per heavy atom. The first kappa shape index (κ1) is 17.0. The highest BCUT2D eigenvalue weighted by molar-refractivity contribution is 7.91. The summed E-state index contributed by atoms with van der Waals surface area (Å²) in [6.07, 6.45) is 0.632. The van der Waals surface area contributed by atoms with Crippen molar-refractivity contribution in [3.8, 4) is 0 Å². The summed E-state index contributed by atoms with van der Waals surface area (Å²) in [5.74, 6) is -0.531. The van der Waals surface area contributed by atoms with E-state index in [1.165, 1.54) is 0 Å². The molecule has 1 aromatic carbocycles. The highest BCUT2D eigenvalue weighted by atomic mass is 32.2. The quantitative estimate of drug-likeness (QED) is 0.874. The number of amides is 2. The lowest BCUT2D eigenvalue weighted by Crippen LogP contribution is -2.39. The van der Waals surface area contributed by atoms with Crippen LogP contribution in [-0.4, -0.2) is 49.2 Å². The van der Waals surface area contributed by atoms with E-state index in [9.17, 15) is 18.0 Å². The minimum absolute atomic E-state index is 0.0213. The summed E-state index contributed by atoms with van der Waals surface area (Å²) in [4.78, 5) is 26.2. The summed E-state index contributed by atoms with van der Waals surface area (Å²) in [5, 5.41) is 2.95. The number of likely N-dealkylation sites (tertiary alicyclic amines) is 1. The van der Waals surface area contributed by atoms with Crippen LogP contribution in [0.2, 0.25) is 0 Å². The fourth-order valence-corrected chi connectivity index (χ4v) is 5.17. The van der Waals surface area contributed by atoms with E-state index in [-0.39, 0.29) is 41.8 Å². The van der Waals surface area contributed by atoms with Crippen molar-refractivity contribution in [3.63, 3.8) is 0 Å². The molecule has 0 aromatic heterocycles. The van der Waals surface area contributed by atoms with Gasteiger partial charge < -0.3 is 10.2 Å². The fraction of sp³-hybridized carbons (Fsp3) is 0.529. The van der Waals surface area contributed by atoms with Gasteiger partial charge in [-0.05, 0) is 18.9 Å². The molecule has 0 saturated carbocycles. The second-order valence-corrected chi connectivity index (χ2v) is 8.87. The summed E-state index contributed by atoms with van der Waals surface area (Å²) in [5.41, 5.74) is 1.01. The molecule has 2 aliphatic rings. The average Bonchev–Trinajstić information content (AvgIpc) is 3.10. The number of hydrogen-bond acceptors (Lipinski definition) is 4. The largest absolute Gasteiger partial charge is 0.349 e. The Bertz CT molecular complexity index is 732. The van der Waals surface area contributed by atoms with Gasteiger partial charge in [0.25, 0.3) is 0 Å². The maximum Gasteiger partial charge on any atom is 0.225 e. The van der Waals surface area contributed by atoms with Gasteiger partial charge in [0.05, 0.1) is 23.5 Å². The Morgan fingerprint density at radius 1 is 1.29 bits per heavy atom. The van der Waals surface area contributed by atoms with Gasteiger partial charge in [-0.15, -0.1) is 0 Å². The van der Waals surface area contributed by atoms with E-state index in [0.717, 1.165) is 5.56 Å². The van der Waals surface area contributed by atoms with Crippen LogP contribution in [0.3, 0.4) is 0 Å². The molecular weight excluding hydrogens is 328 g/mol. The number of benzene rings is 1. The third kappa shape index (κ3) is 3.61. The second-order valence-electron chi connectivity index (χ2n) is 6.64. The number of rotatable bonds is 4. The normalized spacial score (nSPS) is 27.2. The van der Waals surface area contributed by atoms with Crippen LogP contribution >= 0.6 is 0 Å². The molecule has 3 atom stereocenters. The van der Waals surface area contributed by atoms with Gasteiger partial charge in [-0.1, -0.05) is 30.3 Å². The molecule has 0 bridgehead atoms. The predicted molar refractivity (Wildman–Crippen MR) is 89.9 cm³/mol. The first-order chi connectivity index (χ1) is 11.4. The van der Waals surface area contributed by atoms with E-state index in [4.69, 9.17) is 0 Å². The fourth-order valence-electron chi connectivity index (χ4n) is 3.44. The molecule has 2 aliphatic heterocycles.